The fourth-order valence-electron chi connectivity index (χ4n) is 2.04. The highest BCUT2D eigenvalue weighted by molar-refractivity contribution is 7.91. The highest BCUT2D eigenvalue weighted by Crippen LogP contribution is 2.28. The van der Waals surface area contributed by atoms with Gasteiger partial charge in [0.05, 0.1) is 6.61 Å². The van der Waals surface area contributed by atoms with Crippen molar-refractivity contribution in [3.63, 3.8) is 0 Å². The van der Waals surface area contributed by atoms with Crippen LogP contribution in [0.3, 0.4) is 0 Å². The van der Waals surface area contributed by atoms with Crippen LogP contribution in [-0.2, 0) is 21.3 Å². The van der Waals surface area contributed by atoms with Crippen LogP contribution in [0.1, 0.15) is 16.9 Å². The third-order valence-electron chi connectivity index (χ3n) is 3.11. The van der Waals surface area contributed by atoms with Gasteiger partial charge in [-0.1, -0.05) is 0 Å². The van der Waals surface area contributed by atoms with Gasteiger partial charge in [0.1, 0.15) is 4.21 Å². The second kappa shape index (κ2) is 6.32. The molecule has 2 heterocycles. The largest absolute Gasteiger partial charge is 0.380 e. The second-order valence-corrected chi connectivity index (χ2v) is 7.87. The summed E-state index contributed by atoms with van der Waals surface area (Å²) < 4.78 is 32.4. The van der Waals surface area contributed by atoms with Crippen molar-refractivity contribution in [2.75, 3.05) is 33.4 Å². The molecular formula is C12H20N2O3S2. The predicted octanol–water partition coefficient (Wildman–Crippen LogP) is 1.19. The summed E-state index contributed by atoms with van der Waals surface area (Å²) in [5.41, 5.74) is 1.03. The van der Waals surface area contributed by atoms with Gasteiger partial charge in [-0.2, -0.15) is 4.31 Å². The Hall–Kier alpha value is -0.470. The van der Waals surface area contributed by atoms with Crippen molar-refractivity contribution in [1.29, 1.82) is 0 Å². The summed E-state index contributed by atoms with van der Waals surface area (Å²) in [5, 5.41) is 3.06. The van der Waals surface area contributed by atoms with E-state index in [1.807, 2.05) is 14.0 Å². The molecule has 0 spiro atoms. The zero-order valence-corrected chi connectivity index (χ0v) is 12.9. The molecule has 0 aliphatic carbocycles. The Morgan fingerprint density at radius 3 is 2.95 bits per heavy atom. The van der Waals surface area contributed by atoms with E-state index in [2.05, 4.69) is 5.32 Å². The number of hydrogen-bond acceptors (Lipinski definition) is 5. The zero-order chi connectivity index (χ0) is 13.9. The Balaban J connectivity index is 2.25. The van der Waals surface area contributed by atoms with E-state index in [1.165, 1.54) is 15.6 Å². The van der Waals surface area contributed by atoms with Crippen molar-refractivity contribution in [2.45, 2.75) is 24.1 Å². The van der Waals surface area contributed by atoms with Crippen LogP contribution in [0.15, 0.2) is 10.3 Å². The van der Waals surface area contributed by atoms with Crippen LogP contribution < -0.4 is 5.32 Å². The first-order chi connectivity index (χ1) is 9.05. The smallest absolute Gasteiger partial charge is 0.252 e. The Kier molecular flexibility index (Phi) is 4.97. The Morgan fingerprint density at radius 2 is 2.21 bits per heavy atom. The van der Waals surface area contributed by atoms with E-state index < -0.39 is 10.0 Å². The minimum absolute atomic E-state index is 0.442. The van der Waals surface area contributed by atoms with Crippen LogP contribution in [0, 0.1) is 6.92 Å². The third-order valence-corrected chi connectivity index (χ3v) is 6.70. The molecule has 108 valence electrons. The predicted molar refractivity (Wildman–Crippen MR) is 76.0 cm³/mol. The van der Waals surface area contributed by atoms with E-state index in [4.69, 9.17) is 4.74 Å². The van der Waals surface area contributed by atoms with Crippen molar-refractivity contribution in [2.24, 2.45) is 0 Å². The summed E-state index contributed by atoms with van der Waals surface area (Å²) in [5.74, 6) is 0. The minimum atomic E-state index is -3.36. The number of ether oxygens (including phenoxy) is 1. The quantitative estimate of drug-likeness (QED) is 0.908. The molecule has 0 amide bonds. The van der Waals surface area contributed by atoms with Crippen LogP contribution in [-0.4, -0.2) is 46.1 Å². The third kappa shape index (κ3) is 3.35. The number of sulfonamides is 1. The zero-order valence-electron chi connectivity index (χ0n) is 11.3. The van der Waals surface area contributed by atoms with Gasteiger partial charge >= 0.3 is 0 Å². The summed E-state index contributed by atoms with van der Waals surface area (Å²) in [6, 6.07) is 1.78. The van der Waals surface area contributed by atoms with E-state index in [0.29, 0.717) is 37.1 Å². The van der Waals surface area contributed by atoms with Gasteiger partial charge in [0.15, 0.2) is 0 Å². The molecule has 1 aromatic rings. The fourth-order valence-corrected chi connectivity index (χ4v) is 5.26. The van der Waals surface area contributed by atoms with E-state index >= 15 is 0 Å². The van der Waals surface area contributed by atoms with Gasteiger partial charge < -0.3 is 10.1 Å². The Labute approximate surface area is 118 Å². The fraction of sp³-hybridized carbons (Fsp3) is 0.667. The van der Waals surface area contributed by atoms with Crippen LogP contribution in [0.4, 0.5) is 0 Å². The normalized spacial score (nSPS) is 18.4. The lowest BCUT2D eigenvalue weighted by Crippen LogP contribution is -2.32. The van der Waals surface area contributed by atoms with Gasteiger partial charge in [0, 0.05) is 31.1 Å². The molecule has 1 saturated heterocycles. The van der Waals surface area contributed by atoms with Gasteiger partial charge in [-0.15, -0.1) is 11.3 Å². The van der Waals surface area contributed by atoms with Gasteiger partial charge in [-0.3, -0.25) is 0 Å². The number of nitrogens with one attached hydrogen (secondary N) is 1. The maximum atomic E-state index is 12.6. The molecule has 19 heavy (non-hydrogen) atoms. The molecule has 1 aromatic heterocycles. The standard InChI is InChI=1S/C12H20N2O3S2/c1-10-8-12(18-11(10)9-13-2)19(15,16)14-4-3-6-17-7-5-14/h8,13H,3-7,9H2,1-2H3. The Bertz CT molecular complexity index is 517. The molecule has 0 saturated carbocycles. The van der Waals surface area contributed by atoms with Crippen LogP contribution in [0.5, 0.6) is 0 Å². The SMILES string of the molecule is CNCc1sc(S(=O)(=O)N2CCCOCC2)cc1C. The van der Waals surface area contributed by atoms with Gasteiger partial charge in [-0.25, -0.2) is 8.42 Å². The number of thiophene rings is 1. The first-order valence-corrected chi connectivity index (χ1v) is 8.63. The molecule has 0 bridgehead atoms. The molecule has 1 aliphatic heterocycles. The first kappa shape index (κ1) is 14.9. The first-order valence-electron chi connectivity index (χ1n) is 6.37. The topological polar surface area (TPSA) is 58.6 Å². The van der Waals surface area contributed by atoms with Crippen molar-refractivity contribution < 1.29 is 13.2 Å². The molecule has 7 heteroatoms. The summed E-state index contributed by atoms with van der Waals surface area (Å²) in [6.45, 7) is 4.76. The number of nitrogens with zero attached hydrogens (tertiary/aromatic N) is 1. The van der Waals surface area contributed by atoms with E-state index in [-0.39, 0.29) is 0 Å². The van der Waals surface area contributed by atoms with Crippen LogP contribution in [0.2, 0.25) is 0 Å². The molecule has 0 radical (unpaired) electrons. The molecule has 2 rings (SSSR count). The number of rotatable bonds is 4. The molecule has 1 fully saturated rings. The molecule has 0 unspecified atom stereocenters. The van der Waals surface area contributed by atoms with Crippen LogP contribution in [0.25, 0.3) is 0 Å². The maximum absolute atomic E-state index is 12.6. The van der Waals surface area contributed by atoms with Crippen molar-refractivity contribution in [3.05, 3.63) is 16.5 Å². The monoisotopic (exact) mass is 304 g/mol. The van der Waals surface area contributed by atoms with Crippen molar-refractivity contribution in [1.82, 2.24) is 9.62 Å². The average molecular weight is 304 g/mol. The lowest BCUT2D eigenvalue weighted by molar-refractivity contribution is 0.148. The number of aryl methyl sites for hydroxylation is 1. The van der Waals surface area contributed by atoms with Crippen molar-refractivity contribution in [3.8, 4) is 0 Å². The highest BCUT2D eigenvalue weighted by Gasteiger charge is 2.27. The summed E-state index contributed by atoms with van der Waals surface area (Å²) in [7, 11) is -1.50. The number of hydrogen-bond donors (Lipinski definition) is 1. The highest BCUT2D eigenvalue weighted by atomic mass is 32.2. The minimum Gasteiger partial charge on any atom is -0.380 e. The van der Waals surface area contributed by atoms with Gasteiger partial charge in [0.25, 0.3) is 10.0 Å². The van der Waals surface area contributed by atoms with Gasteiger partial charge in [-0.05, 0) is 32.0 Å². The lowest BCUT2D eigenvalue weighted by Gasteiger charge is -2.17. The van der Waals surface area contributed by atoms with Crippen molar-refractivity contribution >= 4 is 21.4 Å². The van der Waals surface area contributed by atoms with E-state index in [9.17, 15) is 8.42 Å². The molecular weight excluding hydrogens is 284 g/mol. The average Bonchev–Trinajstić information content (AvgIpc) is 2.61. The molecule has 1 N–H and O–H groups in total. The van der Waals surface area contributed by atoms with E-state index in [1.54, 1.807) is 6.07 Å². The lowest BCUT2D eigenvalue weighted by atomic mass is 10.3. The van der Waals surface area contributed by atoms with Gasteiger partial charge in [0.2, 0.25) is 0 Å². The molecule has 0 atom stereocenters. The summed E-state index contributed by atoms with van der Waals surface area (Å²) >= 11 is 1.36. The maximum Gasteiger partial charge on any atom is 0.252 e. The van der Waals surface area contributed by atoms with E-state index in [0.717, 1.165) is 16.9 Å². The Morgan fingerprint density at radius 1 is 1.42 bits per heavy atom. The second-order valence-electron chi connectivity index (χ2n) is 4.57. The summed E-state index contributed by atoms with van der Waals surface area (Å²) in [4.78, 5) is 1.08. The molecule has 1 aliphatic rings. The summed E-state index contributed by atoms with van der Waals surface area (Å²) in [6.07, 6.45) is 0.757. The molecule has 5 nitrogen and oxygen atoms in total. The molecule has 0 aromatic carbocycles. The van der Waals surface area contributed by atoms with Crippen LogP contribution >= 0.6 is 11.3 Å².